The summed E-state index contributed by atoms with van der Waals surface area (Å²) in [5, 5.41) is 12.2. The molecule has 0 aromatic carbocycles. The molecular formula is C12H19N5O. The van der Waals surface area contributed by atoms with Crippen molar-refractivity contribution in [3.63, 3.8) is 0 Å². The van der Waals surface area contributed by atoms with Gasteiger partial charge in [0.05, 0.1) is 6.33 Å². The minimum Gasteiger partial charge on any atom is -0.396 e. The van der Waals surface area contributed by atoms with E-state index in [0.717, 1.165) is 36.2 Å². The average molecular weight is 249 g/mol. The smallest absolute Gasteiger partial charge is 0.165 e. The molecule has 0 spiro atoms. The standard InChI is InChI=1S/C12H19N5O/c1-3-4-9(5-6-18)17-8-16-10-11(13-2)14-7-15-12(10)17/h7-9,18H,3-6H2,1-2H3,(H,13,14,15). The number of aromatic nitrogens is 4. The predicted octanol–water partition coefficient (Wildman–Crippen LogP) is 1.59. The van der Waals surface area contributed by atoms with Gasteiger partial charge in [-0.3, -0.25) is 0 Å². The molecule has 0 saturated heterocycles. The molecule has 2 aromatic heterocycles. The van der Waals surface area contributed by atoms with Gasteiger partial charge >= 0.3 is 0 Å². The molecule has 2 rings (SSSR count). The first-order valence-electron chi connectivity index (χ1n) is 6.28. The molecule has 0 amide bonds. The zero-order chi connectivity index (χ0) is 13.0. The van der Waals surface area contributed by atoms with Crippen LogP contribution in [0.25, 0.3) is 11.2 Å². The molecule has 0 radical (unpaired) electrons. The quantitative estimate of drug-likeness (QED) is 0.813. The third kappa shape index (κ3) is 2.28. The van der Waals surface area contributed by atoms with E-state index >= 15 is 0 Å². The van der Waals surface area contributed by atoms with Crippen LogP contribution in [0.3, 0.4) is 0 Å². The topological polar surface area (TPSA) is 75.9 Å². The summed E-state index contributed by atoms with van der Waals surface area (Å²) < 4.78 is 2.04. The van der Waals surface area contributed by atoms with Gasteiger partial charge < -0.3 is 15.0 Å². The number of nitrogens with one attached hydrogen (secondary N) is 1. The second-order valence-corrected chi connectivity index (χ2v) is 4.25. The lowest BCUT2D eigenvalue weighted by molar-refractivity contribution is 0.253. The van der Waals surface area contributed by atoms with E-state index in [1.165, 1.54) is 6.33 Å². The van der Waals surface area contributed by atoms with Crippen molar-refractivity contribution in [2.24, 2.45) is 0 Å². The number of aliphatic hydroxyl groups excluding tert-OH is 1. The van der Waals surface area contributed by atoms with Crippen LogP contribution in [0.2, 0.25) is 0 Å². The summed E-state index contributed by atoms with van der Waals surface area (Å²) in [5.74, 6) is 0.734. The highest BCUT2D eigenvalue weighted by Gasteiger charge is 2.15. The van der Waals surface area contributed by atoms with Gasteiger partial charge in [-0.1, -0.05) is 13.3 Å². The Balaban J connectivity index is 2.43. The van der Waals surface area contributed by atoms with Crippen molar-refractivity contribution in [1.29, 1.82) is 0 Å². The number of fused-ring (bicyclic) bond motifs is 1. The summed E-state index contributed by atoms with van der Waals surface area (Å²) in [6.45, 7) is 2.31. The lowest BCUT2D eigenvalue weighted by Gasteiger charge is -2.17. The van der Waals surface area contributed by atoms with Gasteiger partial charge in [-0.05, 0) is 12.8 Å². The van der Waals surface area contributed by atoms with E-state index in [-0.39, 0.29) is 12.6 Å². The predicted molar refractivity (Wildman–Crippen MR) is 70.5 cm³/mol. The largest absolute Gasteiger partial charge is 0.396 e. The van der Waals surface area contributed by atoms with Gasteiger partial charge in [0.1, 0.15) is 11.8 Å². The summed E-state index contributed by atoms with van der Waals surface area (Å²) in [7, 11) is 1.82. The van der Waals surface area contributed by atoms with Gasteiger partial charge in [0, 0.05) is 19.7 Å². The fraction of sp³-hybridized carbons (Fsp3) is 0.583. The molecule has 0 aliphatic heterocycles. The molecular weight excluding hydrogens is 230 g/mol. The molecule has 6 nitrogen and oxygen atoms in total. The van der Waals surface area contributed by atoms with Gasteiger partial charge in [0.25, 0.3) is 0 Å². The Morgan fingerprint density at radius 3 is 2.83 bits per heavy atom. The Kier molecular flexibility index (Phi) is 4.09. The fourth-order valence-corrected chi connectivity index (χ4v) is 2.21. The molecule has 2 heterocycles. The minimum absolute atomic E-state index is 0.175. The molecule has 1 atom stereocenters. The number of hydrogen-bond donors (Lipinski definition) is 2. The monoisotopic (exact) mass is 249 g/mol. The summed E-state index contributed by atoms with van der Waals surface area (Å²) >= 11 is 0. The van der Waals surface area contributed by atoms with Crippen LogP contribution in [0.15, 0.2) is 12.7 Å². The van der Waals surface area contributed by atoms with E-state index < -0.39 is 0 Å². The van der Waals surface area contributed by atoms with Crippen LogP contribution < -0.4 is 5.32 Å². The molecule has 0 bridgehead atoms. The summed E-state index contributed by atoms with van der Waals surface area (Å²) in [6, 6.07) is 0.240. The molecule has 18 heavy (non-hydrogen) atoms. The van der Waals surface area contributed by atoms with Crippen LogP contribution in [-0.4, -0.2) is 38.3 Å². The second-order valence-electron chi connectivity index (χ2n) is 4.25. The van der Waals surface area contributed by atoms with E-state index in [4.69, 9.17) is 5.11 Å². The van der Waals surface area contributed by atoms with Gasteiger partial charge in [0.15, 0.2) is 11.5 Å². The second kappa shape index (κ2) is 5.77. The SMILES string of the molecule is CCCC(CCO)n1cnc2c(NC)ncnc21. The number of nitrogens with zero attached hydrogens (tertiary/aromatic N) is 4. The number of hydrogen-bond acceptors (Lipinski definition) is 5. The van der Waals surface area contributed by atoms with Gasteiger partial charge in [-0.15, -0.1) is 0 Å². The minimum atomic E-state index is 0.175. The van der Waals surface area contributed by atoms with E-state index in [1.54, 1.807) is 6.33 Å². The molecule has 0 aliphatic carbocycles. The Bertz CT molecular complexity index is 504. The van der Waals surface area contributed by atoms with Crippen LogP contribution in [0.4, 0.5) is 5.82 Å². The van der Waals surface area contributed by atoms with E-state index in [1.807, 2.05) is 11.6 Å². The molecule has 98 valence electrons. The summed E-state index contributed by atoms with van der Waals surface area (Å²) in [5.41, 5.74) is 1.60. The Morgan fingerprint density at radius 1 is 1.33 bits per heavy atom. The highest BCUT2D eigenvalue weighted by Crippen LogP contribution is 2.24. The van der Waals surface area contributed by atoms with Crippen molar-refractivity contribution in [2.75, 3.05) is 19.0 Å². The highest BCUT2D eigenvalue weighted by atomic mass is 16.3. The van der Waals surface area contributed by atoms with Crippen LogP contribution in [0.5, 0.6) is 0 Å². The van der Waals surface area contributed by atoms with E-state index in [9.17, 15) is 0 Å². The number of imidazole rings is 1. The first-order chi connectivity index (χ1) is 8.81. The first-order valence-corrected chi connectivity index (χ1v) is 6.28. The Labute approximate surface area is 106 Å². The van der Waals surface area contributed by atoms with Crippen molar-refractivity contribution in [2.45, 2.75) is 32.2 Å². The normalized spacial score (nSPS) is 12.8. The van der Waals surface area contributed by atoms with Crippen molar-refractivity contribution < 1.29 is 5.11 Å². The van der Waals surface area contributed by atoms with Crippen LogP contribution in [-0.2, 0) is 0 Å². The molecule has 6 heteroatoms. The fourth-order valence-electron chi connectivity index (χ4n) is 2.21. The highest BCUT2D eigenvalue weighted by molar-refractivity contribution is 5.82. The van der Waals surface area contributed by atoms with E-state index in [2.05, 4.69) is 27.2 Å². The van der Waals surface area contributed by atoms with Crippen molar-refractivity contribution in [3.8, 4) is 0 Å². The third-order valence-corrected chi connectivity index (χ3v) is 3.07. The number of aliphatic hydroxyl groups is 1. The molecule has 0 aliphatic rings. The van der Waals surface area contributed by atoms with Crippen LogP contribution in [0, 0.1) is 0 Å². The molecule has 0 fully saturated rings. The van der Waals surface area contributed by atoms with Crippen molar-refractivity contribution in [3.05, 3.63) is 12.7 Å². The van der Waals surface area contributed by atoms with Crippen molar-refractivity contribution >= 4 is 17.0 Å². The maximum absolute atomic E-state index is 9.16. The Hall–Kier alpha value is -1.69. The van der Waals surface area contributed by atoms with Crippen molar-refractivity contribution in [1.82, 2.24) is 19.5 Å². The average Bonchev–Trinajstić information content (AvgIpc) is 2.82. The maximum Gasteiger partial charge on any atom is 0.165 e. The molecule has 0 saturated carbocycles. The van der Waals surface area contributed by atoms with Gasteiger partial charge in [0.2, 0.25) is 0 Å². The molecule has 1 unspecified atom stereocenters. The summed E-state index contributed by atoms with van der Waals surface area (Å²) in [6.07, 6.45) is 6.11. The maximum atomic E-state index is 9.16. The van der Waals surface area contributed by atoms with Crippen LogP contribution >= 0.6 is 0 Å². The van der Waals surface area contributed by atoms with Crippen LogP contribution in [0.1, 0.15) is 32.2 Å². The molecule has 2 N–H and O–H groups in total. The van der Waals surface area contributed by atoms with Gasteiger partial charge in [-0.25, -0.2) is 15.0 Å². The first kappa shape index (κ1) is 12.8. The molecule has 2 aromatic rings. The zero-order valence-corrected chi connectivity index (χ0v) is 10.8. The van der Waals surface area contributed by atoms with Gasteiger partial charge in [-0.2, -0.15) is 0 Å². The third-order valence-electron chi connectivity index (χ3n) is 3.07. The summed E-state index contributed by atoms with van der Waals surface area (Å²) in [4.78, 5) is 12.8. The number of anilines is 1. The lowest BCUT2D eigenvalue weighted by Crippen LogP contribution is -2.10. The number of rotatable bonds is 6. The van der Waals surface area contributed by atoms with E-state index in [0.29, 0.717) is 0 Å². The Morgan fingerprint density at radius 2 is 2.17 bits per heavy atom. The zero-order valence-electron chi connectivity index (χ0n) is 10.8. The lowest BCUT2D eigenvalue weighted by atomic mass is 10.1.